The Morgan fingerprint density at radius 2 is 0.600 bits per heavy atom. The van der Waals surface area contributed by atoms with E-state index in [9.17, 15) is 0 Å². The molecule has 22 valence electrons. The van der Waals surface area contributed by atoms with E-state index >= 15 is 0 Å². The second kappa shape index (κ2) is 34.7. The van der Waals surface area contributed by atoms with Gasteiger partial charge in [-0.25, -0.2) is 0 Å². The van der Waals surface area contributed by atoms with E-state index in [1.54, 1.807) is 0 Å². The molecule has 0 aromatic carbocycles. The molecule has 0 amide bonds. The summed E-state index contributed by atoms with van der Waals surface area (Å²) in [5.74, 6) is 0. The van der Waals surface area contributed by atoms with Gasteiger partial charge in [0.05, 0.1) is 0 Å². The molecule has 0 bridgehead atoms. The first-order valence-electron chi connectivity index (χ1n) is 0. The Bertz CT molecular complexity index is 7.61. The molecule has 0 rings (SSSR count). The normalized spacial score (nSPS) is 0. The molecule has 0 aliphatic heterocycles. The van der Waals surface area contributed by atoms with Gasteiger partial charge >= 0.3 is 29.6 Å². The minimum atomic E-state index is 0. The van der Waals surface area contributed by atoms with E-state index in [0.717, 1.165) is 0 Å². The van der Waals surface area contributed by atoms with E-state index in [2.05, 4.69) is 0 Å². The fourth-order valence-corrected chi connectivity index (χ4v) is 0. The Kier molecular flexibility index (Phi) is 398. The largest absolute Gasteiger partial charge is 2.00 e. The van der Waals surface area contributed by atoms with Crippen LogP contribution in [0.3, 0.4) is 0 Å². The van der Waals surface area contributed by atoms with Crippen LogP contribution in [0, 0.1) is 0 Å². The molecule has 5 heteroatoms. The predicted octanol–water partition coefficient (Wildman–Crippen LogP) is -4.00. The second-order valence-corrected chi connectivity index (χ2v) is 0. The summed E-state index contributed by atoms with van der Waals surface area (Å²) in [5, 5.41) is 0. The first-order chi connectivity index (χ1) is 0. The maximum Gasteiger partial charge on any atom is 1.00 e. The molecule has 0 aromatic rings. The maximum atomic E-state index is 0. The van der Waals surface area contributed by atoms with E-state index in [0.29, 0.717) is 0 Å². The van der Waals surface area contributed by atoms with Gasteiger partial charge in [-0.05, 0) is 0 Å². The summed E-state index contributed by atoms with van der Waals surface area (Å²) in [6.07, 6.45) is 0. The van der Waals surface area contributed by atoms with Crippen LogP contribution in [0.25, 0.3) is 0 Å². The third-order valence-electron chi connectivity index (χ3n) is 0. The van der Waals surface area contributed by atoms with Crippen molar-refractivity contribution in [2.75, 3.05) is 0 Å². The van der Waals surface area contributed by atoms with Crippen molar-refractivity contribution in [1.82, 2.24) is 0 Å². The summed E-state index contributed by atoms with van der Waals surface area (Å²) in [6, 6.07) is 0. The Balaban J connectivity index is 0. The molecule has 5 heavy (non-hydrogen) atoms. The standard InChI is InChI=1S/2Ga.Na.2O/q;;+1;2*-2. The van der Waals surface area contributed by atoms with Gasteiger partial charge in [-0.15, -0.1) is 0 Å². The molecular weight excluding hydrogens is 194 g/mol. The second-order valence-electron chi connectivity index (χ2n) is 0. The SMILES string of the molecule is [Ga].[Ga].[Na+].[O-2].[O-2]. The number of hydrogen-bond donors (Lipinski definition) is 0. The molecule has 0 N–H and O–H groups in total. The summed E-state index contributed by atoms with van der Waals surface area (Å²) >= 11 is 0. The molecular formula is Ga2NaO2-3. The number of hydrogen-bond acceptors (Lipinski definition) is 0. The van der Waals surface area contributed by atoms with Crippen molar-refractivity contribution in [3.8, 4) is 0 Å². The van der Waals surface area contributed by atoms with Gasteiger partial charge < -0.3 is 11.0 Å². The molecule has 2 nitrogen and oxygen atoms in total. The van der Waals surface area contributed by atoms with E-state index in [1.165, 1.54) is 0 Å². The van der Waals surface area contributed by atoms with Gasteiger partial charge in [0.1, 0.15) is 0 Å². The van der Waals surface area contributed by atoms with Crippen LogP contribution >= 0.6 is 0 Å². The average molecular weight is 194 g/mol. The summed E-state index contributed by atoms with van der Waals surface area (Å²) in [4.78, 5) is 0. The van der Waals surface area contributed by atoms with Crippen LogP contribution in [0.2, 0.25) is 0 Å². The Morgan fingerprint density at radius 3 is 0.600 bits per heavy atom. The zero-order valence-corrected chi connectivity index (χ0v) is 9.82. The zero-order valence-electron chi connectivity index (χ0n) is 2.97. The molecule has 0 saturated carbocycles. The first-order valence-corrected chi connectivity index (χ1v) is 0. The van der Waals surface area contributed by atoms with E-state index in [4.69, 9.17) is 0 Å². The minimum absolute atomic E-state index is 0. The molecule has 0 aliphatic carbocycles. The summed E-state index contributed by atoms with van der Waals surface area (Å²) < 4.78 is 0. The molecule has 0 unspecified atom stereocenters. The van der Waals surface area contributed by atoms with Crippen LogP contribution in [-0.2, 0) is 11.0 Å². The van der Waals surface area contributed by atoms with Crippen molar-refractivity contribution in [3.05, 3.63) is 0 Å². The van der Waals surface area contributed by atoms with Crippen LogP contribution in [0.1, 0.15) is 0 Å². The number of rotatable bonds is 0. The van der Waals surface area contributed by atoms with Crippen molar-refractivity contribution in [3.63, 3.8) is 0 Å². The summed E-state index contributed by atoms with van der Waals surface area (Å²) in [7, 11) is 0. The molecule has 0 saturated heterocycles. The quantitative estimate of drug-likeness (QED) is 0.353. The van der Waals surface area contributed by atoms with Crippen molar-refractivity contribution >= 4 is 39.6 Å². The van der Waals surface area contributed by atoms with Crippen LogP contribution in [0.4, 0.5) is 0 Å². The molecule has 0 aliphatic rings. The fourth-order valence-electron chi connectivity index (χ4n) is 0. The van der Waals surface area contributed by atoms with Gasteiger partial charge in [0, 0.05) is 39.6 Å². The van der Waals surface area contributed by atoms with Crippen LogP contribution in [0.15, 0.2) is 0 Å². The van der Waals surface area contributed by atoms with Crippen molar-refractivity contribution in [2.24, 2.45) is 0 Å². The van der Waals surface area contributed by atoms with Crippen LogP contribution in [0.5, 0.6) is 0 Å². The minimum Gasteiger partial charge on any atom is -2.00 e. The molecule has 0 fully saturated rings. The van der Waals surface area contributed by atoms with Gasteiger partial charge in [-0.3, -0.25) is 0 Å². The third-order valence-corrected chi connectivity index (χ3v) is 0. The van der Waals surface area contributed by atoms with Crippen LogP contribution < -0.4 is 29.6 Å². The maximum absolute atomic E-state index is 0. The zero-order chi connectivity index (χ0) is 0. The van der Waals surface area contributed by atoms with E-state index in [-0.39, 0.29) is 80.1 Å². The first kappa shape index (κ1) is 57.4. The molecule has 0 spiro atoms. The van der Waals surface area contributed by atoms with E-state index in [1.807, 2.05) is 0 Å². The van der Waals surface area contributed by atoms with Gasteiger partial charge in [-0.2, -0.15) is 0 Å². The van der Waals surface area contributed by atoms with E-state index < -0.39 is 0 Å². The van der Waals surface area contributed by atoms with Gasteiger partial charge in [0.15, 0.2) is 0 Å². The van der Waals surface area contributed by atoms with Crippen molar-refractivity contribution in [1.29, 1.82) is 0 Å². The van der Waals surface area contributed by atoms with Gasteiger partial charge in [-0.1, -0.05) is 0 Å². The van der Waals surface area contributed by atoms with Gasteiger partial charge in [0.25, 0.3) is 0 Å². The van der Waals surface area contributed by atoms with Crippen molar-refractivity contribution < 1.29 is 40.5 Å². The summed E-state index contributed by atoms with van der Waals surface area (Å²) in [5.41, 5.74) is 0. The Hall–Kier alpha value is 2.19. The van der Waals surface area contributed by atoms with Crippen LogP contribution in [-0.4, -0.2) is 39.6 Å². The Labute approximate surface area is 79.1 Å². The topological polar surface area (TPSA) is 57.0 Å². The summed E-state index contributed by atoms with van der Waals surface area (Å²) in [6.45, 7) is 0. The Morgan fingerprint density at radius 1 is 0.600 bits per heavy atom. The molecule has 0 heterocycles. The van der Waals surface area contributed by atoms with Crippen molar-refractivity contribution in [2.45, 2.75) is 0 Å². The smallest absolute Gasteiger partial charge is 1.00 e. The fraction of sp³-hybridized carbons (Fsp3) is 0. The third kappa shape index (κ3) is 22.6. The molecule has 0 aromatic heterocycles. The average Bonchev–Trinajstić information content (AvgIpc) is 0. The molecule has 6 radical (unpaired) electrons. The molecule has 0 atom stereocenters. The predicted molar refractivity (Wildman–Crippen MR) is 12.9 cm³/mol. The monoisotopic (exact) mass is 193 g/mol. The van der Waals surface area contributed by atoms with Gasteiger partial charge in [0.2, 0.25) is 0 Å².